The van der Waals surface area contributed by atoms with Gasteiger partial charge in [-0.1, -0.05) is 24.8 Å². The highest BCUT2D eigenvalue weighted by atomic mass is 32.1. The van der Waals surface area contributed by atoms with E-state index in [0.29, 0.717) is 24.0 Å². The Bertz CT molecular complexity index is 822. The van der Waals surface area contributed by atoms with Crippen molar-refractivity contribution in [3.8, 4) is 11.5 Å². The number of hydrogen-bond donors (Lipinski definition) is 0. The number of benzene rings is 1. The summed E-state index contributed by atoms with van der Waals surface area (Å²) in [5.74, 6) is 1.04. The van der Waals surface area contributed by atoms with Gasteiger partial charge in [0.1, 0.15) is 6.61 Å². The van der Waals surface area contributed by atoms with E-state index in [1.807, 2.05) is 23.6 Å². The second kappa shape index (κ2) is 7.14. The zero-order chi connectivity index (χ0) is 16.9. The number of cyclic esters (lactones) is 1. The maximum absolute atomic E-state index is 12.0. The van der Waals surface area contributed by atoms with Crippen molar-refractivity contribution in [3.63, 3.8) is 0 Å². The van der Waals surface area contributed by atoms with Crippen LogP contribution in [0.5, 0.6) is 11.5 Å². The van der Waals surface area contributed by atoms with Gasteiger partial charge in [-0.25, -0.2) is 9.79 Å². The lowest BCUT2D eigenvalue weighted by Gasteiger charge is -2.09. The summed E-state index contributed by atoms with van der Waals surface area (Å²) in [4.78, 5) is 17.1. The van der Waals surface area contributed by atoms with E-state index in [2.05, 4.69) is 11.6 Å². The molecule has 1 aliphatic rings. The predicted octanol–water partition coefficient (Wildman–Crippen LogP) is 3.67. The summed E-state index contributed by atoms with van der Waals surface area (Å²) in [5, 5.41) is 1.90. The fourth-order valence-electron chi connectivity index (χ4n) is 2.11. The van der Waals surface area contributed by atoms with Crippen LogP contribution in [-0.2, 0) is 9.53 Å². The Morgan fingerprint density at radius 2 is 2.21 bits per heavy atom. The molecule has 0 saturated carbocycles. The third-order valence-electron chi connectivity index (χ3n) is 3.20. The number of ether oxygens (including phenoxy) is 3. The first-order valence-electron chi connectivity index (χ1n) is 7.19. The number of hydrogen-bond acceptors (Lipinski definition) is 6. The number of rotatable bonds is 6. The first-order valence-corrected chi connectivity index (χ1v) is 8.07. The molecule has 3 rings (SSSR count). The van der Waals surface area contributed by atoms with E-state index in [9.17, 15) is 4.79 Å². The molecule has 0 spiro atoms. The molecule has 1 aromatic carbocycles. The van der Waals surface area contributed by atoms with Crippen LogP contribution in [0.2, 0.25) is 0 Å². The average Bonchev–Trinajstić information content (AvgIpc) is 3.24. The molecule has 0 N–H and O–H groups in total. The van der Waals surface area contributed by atoms with Gasteiger partial charge in [0.2, 0.25) is 5.90 Å². The molecular formula is C18H15NO4S. The van der Waals surface area contributed by atoms with E-state index in [1.54, 1.807) is 31.4 Å². The molecule has 5 nitrogen and oxygen atoms in total. The Hall–Kier alpha value is -2.86. The Labute approximate surface area is 143 Å². The van der Waals surface area contributed by atoms with Crippen LogP contribution in [0.15, 0.2) is 59.1 Å². The minimum Gasteiger partial charge on any atom is -0.493 e. The largest absolute Gasteiger partial charge is 0.493 e. The quantitative estimate of drug-likeness (QED) is 0.457. The zero-order valence-corrected chi connectivity index (χ0v) is 13.8. The fraction of sp³-hybridized carbons (Fsp3) is 0.111. The lowest BCUT2D eigenvalue weighted by Crippen LogP contribution is -2.03. The van der Waals surface area contributed by atoms with Gasteiger partial charge >= 0.3 is 5.97 Å². The molecule has 0 radical (unpaired) electrons. The Morgan fingerprint density at radius 3 is 2.92 bits per heavy atom. The molecule has 2 heterocycles. The summed E-state index contributed by atoms with van der Waals surface area (Å²) in [6.07, 6.45) is 3.31. The minimum absolute atomic E-state index is 0.250. The van der Waals surface area contributed by atoms with Crippen molar-refractivity contribution in [3.05, 3.63) is 64.5 Å². The van der Waals surface area contributed by atoms with E-state index in [-0.39, 0.29) is 5.70 Å². The van der Waals surface area contributed by atoms with E-state index in [4.69, 9.17) is 14.2 Å². The number of methoxy groups -OCH3 is 1. The molecule has 122 valence electrons. The van der Waals surface area contributed by atoms with Crippen molar-refractivity contribution in [2.75, 3.05) is 13.7 Å². The van der Waals surface area contributed by atoms with Crippen LogP contribution in [0.1, 0.15) is 10.4 Å². The van der Waals surface area contributed by atoms with Gasteiger partial charge in [0.15, 0.2) is 17.2 Å². The van der Waals surface area contributed by atoms with E-state index in [1.165, 1.54) is 11.3 Å². The SMILES string of the molecule is C=CCOc1ccc(/C=C2/N=C(c3cccs3)OC2=O)cc1OC. The molecule has 0 bridgehead atoms. The van der Waals surface area contributed by atoms with Gasteiger partial charge in [-0.2, -0.15) is 0 Å². The van der Waals surface area contributed by atoms with Gasteiger partial charge in [-0.3, -0.25) is 0 Å². The van der Waals surface area contributed by atoms with Crippen molar-refractivity contribution in [2.45, 2.75) is 0 Å². The van der Waals surface area contributed by atoms with Crippen molar-refractivity contribution >= 4 is 29.3 Å². The van der Waals surface area contributed by atoms with Crippen LogP contribution < -0.4 is 9.47 Å². The van der Waals surface area contributed by atoms with Gasteiger partial charge in [0.25, 0.3) is 0 Å². The maximum Gasteiger partial charge on any atom is 0.363 e. The van der Waals surface area contributed by atoms with E-state index >= 15 is 0 Å². The highest BCUT2D eigenvalue weighted by Gasteiger charge is 2.24. The Morgan fingerprint density at radius 1 is 1.33 bits per heavy atom. The second-order valence-corrected chi connectivity index (χ2v) is 5.77. The lowest BCUT2D eigenvalue weighted by molar-refractivity contribution is -0.129. The van der Waals surface area contributed by atoms with Crippen LogP contribution in [0, 0.1) is 0 Å². The Kier molecular flexibility index (Phi) is 4.77. The van der Waals surface area contributed by atoms with Gasteiger partial charge < -0.3 is 14.2 Å². The van der Waals surface area contributed by atoms with Crippen LogP contribution in [0.25, 0.3) is 6.08 Å². The van der Waals surface area contributed by atoms with Crippen molar-refractivity contribution in [1.82, 2.24) is 0 Å². The van der Waals surface area contributed by atoms with Gasteiger partial charge in [0.05, 0.1) is 12.0 Å². The first kappa shape index (κ1) is 16.0. The highest BCUT2D eigenvalue weighted by molar-refractivity contribution is 7.12. The molecule has 0 unspecified atom stereocenters. The number of carbonyl (C=O) groups is 1. The molecular weight excluding hydrogens is 326 g/mol. The third-order valence-corrected chi connectivity index (χ3v) is 4.06. The predicted molar refractivity (Wildman–Crippen MR) is 93.6 cm³/mol. The van der Waals surface area contributed by atoms with E-state index in [0.717, 1.165) is 10.4 Å². The number of carbonyl (C=O) groups excluding carboxylic acids is 1. The molecule has 6 heteroatoms. The fourth-order valence-corrected chi connectivity index (χ4v) is 2.76. The smallest absolute Gasteiger partial charge is 0.363 e. The molecule has 0 aliphatic carbocycles. The maximum atomic E-state index is 12.0. The molecule has 1 aromatic heterocycles. The summed E-state index contributed by atoms with van der Waals surface area (Å²) >= 11 is 1.47. The molecule has 0 fully saturated rings. The first-order chi connectivity index (χ1) is 11.7. The molecule has 0 amide bonds. The standard InChI is InChI=1S/C18H15NO4S/c1-3-8-22-14-7-6-12(11-15(14)21-2)10-13-18(20)23-17(19-13)16-5-4-9-24-16/h3-7,9-11H,1,8H2,2H3/b13-10+. The molecule has 0 saturated heterocycles. The van der Waals surface area contributed by atoms with Gasteiger partial charge in [-0.05, 0) is 35.2 Å². The summed E-state index contributed by atoms with van der Waals surface area (Å²) in [6.45, 7) is 4.00. The van der Waals surface area contributed by atoms with Crippen LogP contribution in [0.3, 0.4) is 0 Å². The summed E-state index contributed by atoms with van der Waals surface area (Å²) in [7, 11) is 1.56. The van der Waals surface area contributed by atoms with Crippen LogP contribution in [-0.4, -0.2) is 25.6 Å². The van der Waals surface area contributed by atoms with Gasteiger partial charge in [-0.15, -0.1) is 11.3 Å². The average molecular weight is 341 g/mol. The van der Waals surface area contributed by atoms with Crippen LogP contribution in [0.4, 0.5) is 0 Å². The number of thiophene rings is 1. The molecule has 24 heavy (non-hydrogen) atoms. The summed E-state index contributed by atoms with van der Waals surface area (Å²) in [5.41, 5.74) is 1.01. The Balaban J connectivity index is 1.88. The molecule has 2 aromatic rings. The van der Waals surface area contributed by atoms with Crippen molar-refractivity contribution in [2.24, 2.45) is 4.99 Å². The number of aliphatic imine (C=N–C) groups is 1. The monoisotopic (exact) mass is 341 g/mol. The second-order valence-electron chi connectivity index (χ2n) is 4.82. The third kappa shape index (κ3) is 3.38. The highest BCUT2D eigenvalue weighted by Crippen LogP contribution is 2.30. The number of esters is 1. The topological polar surface area (TPSA) is 57.1 Å². The number of nitrogens with zero attached hydrogens (tertiary/aromatic N) is 1. The lowest BCUT2D eigenvalue weighted by atomic mass is 10.1. The van der Waals surface area contributed by atoms with Crippen molar-refractivity contribution in [1.29, 1.82) is 0 Å². The van der Waals surface area contributed by atoms with Crippen LogP contribution >= 0.6 is 11.3 Å². The normalized spacial score (nSPS) is 15.1. The van der Waals surface area contributed by atoms with E-state index < -0.39 is 5.97 Å². The summed E-state index contributed by atoms with van der Waals surface area (Å²) in [6, 6.07) is 9.11. The molecule has 0 atom stereocenters. The molecule has 1 aliphatic heterocycles. The van der Waals surface area contributed by atoms with Crippen molar-refractivity contribution < 1.29 is 19.0 Å². The minimum atomic E-state index is -0.468. The zero-order valence-electron chi connectivity index (χ0n) is 13.0. The summed E-state index contributed by atoms with van der Waals surface area (Å²) < 4.78 is 16.0. The van der Waals surface area contributed by atoms with Gasteiger partial charge in [0, 0.05) is 0 Å².